The highest BCUT2D eigenvalue weighted by Gasteiger charge is 2.26. The molecule has 0 radical (unpaired) electrons. The number of thioether (sulfide) groups is 1. The number of amides is 1. The summed E-state index contributed by atoms with van der Waals surface area (Å²) in [6, 6.07) is 6.11. The molecule has 0 spiro atoms. The van der Waals surface area contributed by atoms with Gasteiger partial charge in [-0.2, -0.15) is 0 Å². The van der Waals surface area contributed by atoms with Gasteiger partial charge in [0.05, 0.1) is 12.1 Å². The van der Waals surface area contributed by atoms with Gasteiger partial charge in [0, 0.05) is 5.69 Å². The van der Waals surface area contributed by atoms with Crippen molar-refractivity contribution in [3.63, 3.8) is 0 Å². The maximum Gasteiger partial charge on any atom is 0.408 e. The van der Waals surface area contributed by atoms with Gasteiger partial charge in [-0.25, -0.2) is 9.59 Å². The summed E-state index contributed by atoms with van der Waals surface area (Å²) in [5, 5.41) is 6.45. The van der Waals surface area contributed by atoms with Crippen LogP contribution in [0.5, 0.6) is 0 Å². The van der Waals surface area contributed by atoms with Crippen molar-refractivity contribution in [3.8, 4) is 0 Å². The van der Waals surface area contributed by atoms with E-state index in [4.69, 9.17) is 9.47 Å². The van der Waals surface area contributed by atoms with E-state index in [-0.39, 0.29) is 0 Å². The van der Waals surface area contributed by atoms with Crippen molar-refractivity contribution in [2.75, 3.05) is 18.7 Å². The van der Waals surface area contributed by atoms with Crippen molar-refractivity contribution in [2.45, 2.75) is 32.4 Å². The summed E-state index contributed by atoms with van der Waals surface area (Å²) in [6.45, 7) is 9.09. The minimum absolute atomic E-state index is 0.574. The molecule has 6 nitrogen and oxygen atoms in total. The first-order valence-corrected chi connectivity index (χ1v) is 8.56. The number of nitrogens with one attached hydrogen (secondary N) is 2. The number of hydrogen-bond acceptors (Lipinski definition) is 6. The van der Waals surface area contributed by atoms with Gasteiger partial charge < -0.3 is 20.1 Å². The number of carbonyl (C=O) groups excluding carboxylic acids is 2. The van der Waals surface area contributed by atoms with Crippen LogP contribution in [0.25, 0.3) is 0 Å². The Morgan fingerprint density at radius 3 is 2.25 bits per heavy atom. The van der Waals surface area contributed by atoms with E-state index in [1.165, 1.54) is 18.9 Å². The fourth-order valence-corrected chi connectivity index (χ4v) is 2.01. The SMILES string of the molecule is C=C(Nc1ccc(C(NC(=O)OC(C)(C)C)C(=O)OC)cc1)SC. The number of ether oxygens (including phenoxy) is 2. The molecule has 0 aliphatic carbocycles. The van der Waals surface area contributed by atoms with Crippen molar-refractivity contribution in [2.24, 2.45) is 0 Å². The Morgan fingerprint density at radius 2 is 1.79 bits per heavy atom. The Morgan fingerprint density at radius 1 is 1.21 bits per heavy atom. The number of alkyl carbamates (subject to hydrolysis) is 1. The minimum Gasteiger partial charge on any atom is -0.467 e. The van der Waals surface area contributed by atoms with Gasteiger partial charge in [-0.15, -0.1) is 11.8 Å². The van der Waals surface area contributed by atoms with Gasteiger partial charge in [0.25, 0.3) is 0 Å². The van der Waals surface area contributed by atoms with Crippen LogP contribution in [-0.2, 0) is 14.3 Å². The molecule has 1 unspecified atom stereocenters. The average Bonchev–Trinajstić information content (AvgIpc) is 2.51. The number of methoxy groups -OCH3 is 1. The lowest BCUT2D eigenvalue weighted by atomic mass is 10.1. The highest BCUT2D eigenvalue weighted by molar-refractivity contribution is 8.02. The zero-order valence-electron chi connectivity index (χ0n) is 14.6. The van der Waals surface area contributed by atoms with Crippen molar-refractivity contribution in [1.82, 2.24) is 5.32 Å². The van der Waals surface area contributed by atoms with E-state index in [0.29, 0.717) is 5.56 Å². The lowest BCUT2D eigenvalue weighted by Gasteiger charge is -2.23. The Hall–Kier alpha value is -2.15. The van der Waals surface area contributed by atoms with E-state index in [9.17, 15) is 9.59 Å². The van der Waals surface area contributed by atoms with Crippen molar-refractivity contribution in [1.29, 1.82) is 0 Å². The molecule has 0 saturated heterocycles. The van der Waals surface area contributed by atoms with Crippen LogP contribution in [0.1, 0.15) is 32.4 Å². The normalized spacial score (nSPS) is 12.0. The molecule has 24 heavy (non-hydrogen) atoms. The summed E-state index contributed by atoms with van der Waals surface area (Å²) >= 11 is 1.50. The number of rotatable bonds is 6. The van der Waals surface area contributed by atoms with Gasteiger partial charge in [-0.1, -0.05) is 18.7 Å². The van der Waals surface area contributed by atoms with Gasteiger partial charge in [0.15, 0.2) is 6.04 Å². The molecule has 0 fully saturated rings. The van der Waals surface area contributed by atoms with Crippen molar-refractivity contribution < 1.29 is 19.1 Å². The van der Waals surface area contributed by atoms with Crippen molar-refractivity contribution in [3.05, 3.63) is 41.4 Å². The number of benzene rings is 1. The molecule has 0 aliphatic rings. The highest BCUT2D eigenvalue weighted by Crippen LogP contribution is 2.21. The molecule has 1 atom stereocenters. The van der Waals surface area contributed by atoms with Crippen LogP contribution in [0, 0.1) is 0 Å². The quantitative estimate of drug-likeness (QED) is 0.761. The summed E-state index contributed by atoms with van der Waals surface area (Å²) < 4.78 is 9.96. The topological polar surface area (TPSA) is 76.7 Å². The van der Waals surface area contributed by atoms with E-state index in [2.05, 4.69) is 17.2 Å². The smallest absolute Gasteiger partial charge is 0.408 e. The van der Waals surface area contributed by atoms with Crippen LogP contribution in [0.15, 0.2) is 35.9 Å². The van der Waals surface area contributed by atoms with Crippen LogP contribution in [0.4, 0.5) is 10.5 Å². The number of carbonyl (C=O) groups is 2. The third kappa shape index (κ3) is 6.54. The maximum absolute atomic E-state index is 12.0. The third-order valence-electron chi connectivity index (χ3n) is 2.87. The molecule has 0 saturated carbocycles. The van der Waals surface area contributed by atoms with Crippen LogP contribution in [-0.4, -0.2) is 31.0 Å². The molecule has 1 aromatic carbocycles. The second-order valence-electron chi connectivity index (χ2n) is 5.98. The van der Waals surface area contributed by atoms with E-state index in [1.54, 1.807) is 45.0 Å². The lowest BCUT2D eigenvalue weighted by molar-refractivity contribution is -0.143. The first-order valence-electron chi connectivity index (χ1n) is 7.33. The standard InChI is InChI=1S/C17H24N2O4S/c1-11(24-6)18-13-9-7-12(8-10-13)14(15(20)22-5)19-16(21)23-17(2,3)4/h7-10,14,18H,1H2,2-6H3,(H,19,21). The molecule has 1 rings (SSSR count). The number of esters is 1. The predicted molar refractivity (Wildman–Crippen MR) is 96.8 cm³/mol. The zero-order chi connectivity index (χ0) is 18.3. The Labute approximate surface area is 147 Å². The van der Waals surface area contributed by atoms with Gasteiger partial charge >= 0.3 is 12.1 Å². The molecule has 132 valence electrons. The second kappa shape index (κ2) is 8.63. The molecule has 1 aromatic rings. The minimum atomic E-state index is -0.942. The van der Waals surface area contributed by atoms with E-state index in [1.807, 2.05) is 6.26 Å². The summed E-state index contributed by atoms with van der Waals surface area (Å²) in [5.74, 6) is -0.574. The molecule has 2 N–H and O–H groups in total. The average molecular weight is 352 g/mol. The van der Waals surface area contributed by atoms with E-state index < -0.39 is 23.7 Å². The van der Waals surface area contributed by atoms with Gasteiger partial charge in [-0.3, -0.25) is 0 Å². The summed E-state index contributed by atoms with van der Waals surface area (Å²) in [6.07, 6.45) is 1.23. The summed E-state index contributed by atoms with van der Waals surface area (Å²) in [5.41, 5.74) is 0.767. The van der Waals surface area contributed by atoms with Gasteiger partial charge in [-0.05, 0) is 44.7 Å². The highest BCUT2D eigenvalue weighted by atomic mass is 32.2. The fraction of sp³-hybridized carbons (Fsp3) is 0.412. The second-order valence-corrected chi connectivity index (χ2v) is 6.88. The van der Waals surface area contributed by atoms with Crippen molar-refractivity contribution >= 4 is 29.5 Å². The van der Waals surface area contributed by atoms with E-state index in [0.717, 1.165) is 10.7 Å². The Bertz CT molecular complexity index is 594. The zero-order valence-corrected chi connectivity index (χ0v) is 15.5. The molecular weight excluding hydrogens is 328 g/mol. The molecule has 7 heteroatoms. The third-order valence-corrected chi connectivity index (χ3v) is 3.47. The Kier molecular flexibility index (Phi) is 7.16. The fourth-order valence-electron chi connectivity index (χ4n) is 1.79. The first-order chi connectivity index (χ1) is 11.2. The van der Waals surface area contributed by atoms with Crippen LogP contribution in [0.2, 0.25) is 0 Å². The predicted octanol–water partition coefficient (Wildman–Crippen LogP) is 3.67. The number of anilines is 1. The van der Waals surface area contributed by atoms with E-state index >= 15 is 0 Å². The molecule has 0 heterocycles. The van der Waals surface area contributed by atoms with Gasteiger partial charge in [0.2, 0.25) is 0 Å². The summed E-state index contributed by atoms with van der Waals surface area (Å²) in [4.78, 5) is 23.9. The molecule has 0 aliphatic heterocycles. The molecule has 0 bridgehead atoms. The maximum atomic E-state index is 12.0. The first kappa shape index (κ1) is 19.9. The molecule has 1 amide bonds. The monoisotopic (exact) mass is 352 g/mol. The van der Waals surface area contributed by atoms with Crippen LogP contribution < -0.4 is 10.6 Å². The van der Waals surface area contributed by atoms with Gasteiger partial charge in [0.1, 0.15) is 5.60 Å². The largest absolute Gasteiger partial charge is 0.467 e. The van der Waals surface area contributed by atoms with Crippen LogP contribution >= 0.6 is 11.8 Å². The molecular formula is C17H24N2O4S. The lowest BCUT2D eigenvalue weighted by Crippen LogP contribution is -2.38. The molecule has 0 aromatic heterocycles. The summed E-state index contributed by atoms with van der Waals surface area (Å²) in [7, 11) is 1.27. The van der Waals surface area contributed by atoms with Crippen LogP contribution in [0.3, 0.4) is 0 Å². The number of hydrogen-bond donors (Lipinski definition) is 2. The Balaban J connectivity index is 2.90.